The van der Waals surface area contributed by atoms with Crippen molar-refractivity contribution in [2.45, 2.75) is 0 Å². The smallest absolute Gasteiger partial charge is 0.415 e. The number of ether oxygens (including phenoxy) is 4. The predicted octanol–water partition coefficient (Wildman–Crippen LogP) is 3.63. The monoisotopic (exact) mass is 434 g/mol. The van der Waals surface area contributed by atoms with E-state index in [1.54, 1.807) is 36.3 Å². The summed E-state index contributed by atoms with van der Waals surface area (Å²) < 4.78 is 23.9. The molecular weight excluding hydrogens is 412 g/mol. The Morgan fingerprint density at radius 2 is 1.88 bits per heavy atom. The molecule has 0 radical (unpaired) electrons. The number of aromatic nitrogens is 1. The minimum Gasteiger partial charge on any atom is -0.497 e. The number of allylic oxidation sites excluding steroid dienone is 1. The van der Waals surface area contributed by atoms with Gasteiger partial charge in [-0.25, -0.2) is 4.79 Å². The van der Waals surface area contributed by atoms with Crippen molar-refractivity contribution in [2.24, 2.45) is 7.05 Å². The fraction of sp³-hybridized carbons (Fsp3) is 0.250. The van der Waals surface area contributed by atoms with Crippen LogP contribution in [0.5, 0.6) is 17.2 Å². The minimum atomic E-state index is -0.446. The molecule has 0 spiro atoms. The standard InChI is InChI=1S/C24H22N2O6/c1-25-14-15(19-12-16(29-2)4-6-20(19)25)11-22-23(27)18-5-3-17(13-21(18)32-22)31-24(28)26-7-9-30-10-8-26/h3-6,11-14H,7-10H2,1-2H3. The molecule has 3 heterocycles. The molecule has 1 aromatic heterocycles. The van der Waals surface area contributed by atoms with Gasteiger partial charge in [0.05, 0.1) is 25.9 Å². The lowest BCUT2D eigenvalue weighted by Crippen LogP contribution is -2.42. The Morgan fingerprint density at radius 1 is 1.09 bits per heavy atom. The lowest BCUT2D eigenvalue weighted by molar-refractivity contribution is 0.0416. The van der Waals surface area contributed by atoms with Crippen molar-refractivity contribution in [3.63, 3.8) is 0 Å². The summed E-state index contributed by atoms with van der Waals surface area (Å²) in [4.78, 5) is 26.8. The van der Waals surface area contributed by atoms with Gasteiger partial charge in [-0.2, -0.15) is 0 Å². The number of morpholine rings is 1. The van der Waals surface area contributed by atoms with Gasteiger partial charge in [0.25, 0.3) is 0 Å². The zero-order chi connectivity index (χ0) is 22.2. The van der Waals surface area contributed by atoms with E-state index in [2.05, 4.69) is 0 Å². The van der Waals surface area contributed by atoms with Gasteiger partial charge in [-0.3, -0.25) is 4.79 Å². The summed E-state index contributed by atoms with van der Waals surface area (Å²) in [6, 6.07) is 10.6. The Bertz CT molecular complexity index is 1250. The maximum absolute atomic E-state index is 12.9. The molecule has 0 aliphatic carbocycles. The number of aryl methyl sites for hydroxylation is 1. The van der Waals surface area contributed by atoms with Gasteiger partial charge >= 0.3 is 6.09 Å². The van der Waals surface area contributed by atoms with E-state index >= 15 is 0 Å². The van der Waals surface area contributed by atoms with Crippen LogP contribution in [0, 0.1) is 0 Å². The lowest BCUT2D eigenvalue weighted by atomic mass is 10.1. The molecule has 2 aromatic carbocycles. The zero-order valence-corrected chi connectivity index (χ0v) is 17.8. The zero-order valence-electron chi connectivity index (χ0n) is 17.8. The van der Waals surface area contributed by atoms with E-state index in [1.165, 1.54) is 0 Å². The fourth-order valence-corrected chi connectivity index (χ4v) is 3.93. The number of nitrogens with zero attached hydrogens (tertiary/aromatic N) is 2. The van der Waals surface area contributed by atoms with E-state index in [0.717, 1.165) is 22.2 Å². The molecule has 2 aliphatic heterocycles. The van der Waals surface area contributed by atoms with E-state index < -0.39 is 6.09 Å². The number of benzene rings is 2. The highest BCUT2D eigenvalue weighted by atomic mass is 16.6. The van der Waals surface area contributed by atoms with Crippen LogP contribution in [0.2, 0.25) is 0 Å². The molecule has 0 bridgehead atoms. The molecule has 3 aromatic rings. The van der Waals surface area contributed by atoms with Crippen LogP contribution in [0.15, 0.2) is 48.4 Å². The third-order valence-corrected chi connectivity index (χ3v) is 5.63. The van der Waals surface area contributed by atoms with Crippen LogP contribution >= 0.6 is 0 Å². The van der Waals surface area contributed by atoms with E-state index in [0.29, 0.717) is 43.4 Å². The molecule has 1 fully saturated rings. The highest BCUT2D eigenvalue weighted by Gasteiger charge is 2.29. The molecule has 0 saturated carbocycles. The van der Waals surface area contributed by atoms with Crippen molar-refractivity contribution in [3.05, 3.63) is 59.5 Å². The Hall–Kier alpha value is -3.78. The lowest BCUT2D eigenvalue weighted by Gasteiger charge is -2.25. The number of amides is 1. The molecule has 5 rings (SSSR count). The van der Waals surface area contributed by atoms with Gasteiger partial charge in [0.1, 0.15) is 17.2 Å². The molecular formula is C24H22N2O6. The second-order valence-electron chi connectivity index (χ2n) is 7.64. The fourth-order valence-electron chi connectivity index (χ4n) is 3.93. The average Bonchev–Trinajstić information content (AvgIpc) is 3.29. The number of Topliss-reactive ketones (excluding diaryl/α,β-unsaturated/α-hetero) is 1. The maximum Gasteiger partial charge on any atom is 0.415 e. The first kappa shape index (κ1) is 20.1. The first-order valence-electron chi connectivity index (χ1n) is 10.3. The number of fused-ring (bicyclic) bond motifs is 2. The van der Waals surface area contributed by atoms with Gasteiger partial charge in [0.2, 0.25) is 5.78 Å². The van der Waals surface area contributed by atoms with E-state index in [-0.39, 0.29) is 11.5 Å². The Balaban J connectivity index is 1.40. The molecule has 2 aliphatic rings. The normalized spacial score (nSPS) is 16.9. The van der Waals surface area contributed by atoms with Crippen LogP contribution in [0.25, 0.3) is 17.0 Å². The van der Waals surface area contributed by atoms with Gasteiger partial charge in [0, 0.05) is 48.9 Å². The first-order valence-corrected chi connectivity index (χ1v) is 10.3. The van der Waals surface area contributed by atoms with Gasteiger partial charge in [-0.15, -0.1) is 0 Å². The summed E-state index contributed by atoms with van der Waals surface area (Å²) in [6.45, 7) is 1.96. The summed E-state index contributed by atoms with van der Waals surface area (Å²) in [5.74, 6) is 1.42. The third kappa shape index (κ3) is 3.58. The molecule has 8 nitrogen and oxygen atoms in total. The summed E-state index contributed by atoms with van der Waals surface area (Å²) in [7, 11) is 3.56. The van der Waals surface area contributed by atoms with Crippen molar-refractivity contribution in [2.75, 3.05) is 33.4 Å². The Kier molecular flexibility index (Phi) is 5.07. The molecule has 0 atom stereocenters. The van der Waals surface area contributed by atoms with Crippen LogP contribution in [0.4, 0.5) is 4.79 Å². The minimum absolute atomic E-state index is 0.215. The summed E-state index contributed by atoms with van der Waals surface area (Å²) in [5, 5.41) is 0.951. The number of ketones is 1. The van der Waals surface area contributed by atoms with E-state index in [1.807, 2.05) is 36.0 Å². The van der Waals surface area contributed by atoms with Crippen molar-refractivity contribution in [1.82, 2.24) is 9.47 Å². The van der Waals surface area contributed by atoms with Crippen molar-refractivity contribution >= 4 is 28.9 Å². The van der Waals surface area contributed by atoms with Gasteiger partial charge in [0.15, 0.2) is 5.76 Å². The van der Waals surface area contributed by atoms with Crippen molar-refractivity contribution in [3.8, 4) is 17.2 Å². The van der Waals surface area contributed by atoms with Gasteiger partial charge in [-0.05, 0) is 36.4 Å². The van der Waals surface area contributed by atoms with Crippen LogP contribution in [-0.2, 0) is 11.8 Å². The van der Waals surface area contributed by atoms with Crippen molar-refractivity contribution < 1.29 is 28.5 Å². The average molecular weight is 434 g/mol. The highest BCUT2D eigenvalue weighted by Crippen LogP contribution is 2.36. The second kappa shape index (κ2) is 8.05. The van der Waals surface area contributed by atoms with Gasteiger partial charge in [-0.1, -0.05) is 0 Å². The molecule has 1 saturated heterocycles. The molecule has 0 unspecified atom stereocenters. The molecule has 1 amide bonds. The molecule has 0 N–H and O–H groups in total. The summed E-state index contributed by atoms with van der Waals surface area (Å²) in [5.41, 5.74) is 2.29. The van der Waals surface area contributed by atoms with Gasteiger partial charge < -0.3 is 28.4 Å². The predicted molar refractivity (Wildman–Crippen MR) is 117 cm³/mol. The van der Waals surface area contributed by atoms with Crippen LogP contribution in [-0.4, -0.2) is 54.8 Å². The first-order chi connectivity index (χ1) is 15.5. The highest BCUT2D eigenvalue weighted by molar-refractivity contribution is 6.15. The summed E-state index contributed by atoms with van der Waals surface area (Å²) in [6.07, 6.45) is 3.22. The van der Waals surface area contributed by atoms with Crippen LogP contribution in [0.1, 0.15) is 15.9 Å². The molecule has 8 heteroatoms. The SMILES string of the molecule is COc1ccc2c(c1)c(C=C1Oc3cc(OC(=O)N4CCOCC4)ccc3C1=O)cn2C. The van der Waals surface area contributed by atoms with Crippen LogP contribution < -0.4 is 14.2 Å². The van der Waals surface area contributed by atoms with E-state index in [9.17, 15) is 9.59 Å². The van der Waals surface area contributed by atoms with E-state index in [4.69, 9.17) is 18.9 Å². The number of methoxy groups -OCH3 is 1. The molecule has 32 heavy (non-hydrogen) atoms. The quantitative estimate of drug-likeness (QED) is 0.586. The number of carbonyl (C=O) groups excluding carboxylic acids is 2. The van der Waals surface area contributed by atoms with Crippen LogP contribution in [0.3, 0.4) is 0 Å². The largest absolute Gasteiger partial charge is 0.497 e. The molecule has 164 valence electrons. The second-order valence-corrected chi connectivity index (χ2v) is 7.64. The summed E-state index contributed by atoms with van der Waals surface area (Å²) >= 11 is 0. The number of hydrogen-bond acceptors (Lipinski definition) is 6. The van der Waals surface area contributed by atoms with Crippen molar-refractivity contribution in [1.29, 1.82) is 0 Å². The Labute approximate surface area is 184 Å². The third-order valence-electron chi connectivity index (χ3n) is 5.63. The topological polar surface area (TPSA) is 79.2 Å². The Morgan fingerprint density at radius 3 is 2.66 bits per heavy atom. The maximum atomic E-state index is 12.9. The number of carbonyl (C=O) groups is 2. The number of rotatable bonds is 3. The number of hydrogen-bond donors (Lipinski definition) is 0.